The second-order valence-electron chi connectivity index (χ2n) is 9.07. The summed E-state index contributed by atoms with van der Waals surface area (Å²) in [6.45, 7) is 1.02. The molecule has 2 aromatic carbocycles. The zero-order valence-corrected chi connectivity index (χ0v) is 19.9. The second kappa shape index (κ2) is 10.1. The Morgan fingerprint density at radius 3 is 2.48 bits per heavy atom. The first-order valence-electron chi connectivity index (χ1n) is 11.5. The summed E-state index contributed by atoms with van der Waals surface area (Å²) in [5, 5.41) is 0.132. The number of likely N-dealkylation sites (tertiary alicyclic amines) is 1. The maximum Gasteiger partial charge on any atom is 0.258 e. The molecule has 0 aromatic heterocycles. The van der Waals surface area contributed by atoms with Crippen LogP contribution < -0.4 is 4.74 Å². The molecule has 1 heterocycles. The van der Waals surface area contributed by atoms with Gasteiger partial charge in [-0.1, -0.05) is 29.8 Å². The number of nitrogens with zero attached hydrogens (tertiary/aromatic N) is 2. The first kappa shape index (κ1) is 23.6. The fourth-order valence-electron chi connectivity index (χ4n) is 4.79. The van der Waals surface area contributed by atoms with E-state index in [1.807, 2.05) is 30.1 Å². The topological polar surface area (TPSA) is 49.9 Å². The fourth-order valence-corrected chi connectivity index (χ4v) is 5.03. The van der Waals surface area contributed by atoms with E-state index in [-0.39, 0.29) is 40.3 Å². The van der Waals surface area contributed by atoms with Gasteiger partial charge in [-0.2, -0.15) is 0 Å². The summed E-state index contributed by atoms with van der Waals surface area (Å²) < 4.78 is 19.6. The summed E-state index contributed by atoms with van der Waals surface area (Å²) in [4.78, 5) is 29.5. The van der Waals surface area contributed by atoms with E-state index in [4.69, 9.17) is 16.3 Å². The summed E-state index contributed by atoms with van der Waals surface area (Å²) in [6.07, 6.45) is 4.14. The van der Waals surface area contributed by atoms with Gasteiger partial charge in [0.15, 0.2) is 0 Å². The van der Waals surface area contributed by atoms with E-state index in [1.54, 1.807) is 12.0 Å². The predicted octanol–water partition coefficient (Wildman–Crippen LogP) is 4.82. The molecule has 33 heavy (non-hydrogen) atoms. The van der Waals surface area contributed by atoms with Crippen molar-refractivity contribution in [2.45, 2.75) is 38.1 Å². The number of rotatable bonds is 7. The van der Waals surface area contributed by atoms with Gasteiger partial charge in [-0.3, -0.25) is 9.59 Å². The standard InChI is InChI=1S/C26H30ClFN2O3/c1-29(25(31)19-9-10-19)23(16-17-5-3-6-20(15-17)33-2)18-11-13-30(14-12-18)26(32)24-21(27)7-4-8-22(24)28/h3-8,15,18-19,23H,9-14,16H2,1-2H3. The SMILES string of the molecule is COc1cccc(CC(C2CCN(C(=O)c3c(F)cccc3Cl)CC2)N(C)C(=O)C2CC2)c1. The minimum absolute atomic E-state index is 0.0273. The Labute approximate surface area is 199 Å². The van der Waals surface area contributed by atoms with Crippen LogP contribution in [0.15, 0.2) is 42.5 Å². The Hall–Kier alpha value is -2.60. The lowest BCUT2D eigenvalue weighted by molar-refractivity contribution is -0.134. The van der Waals surface area contributed by atoms with Crippen LogP contribution in [0, 0.1) is 17.7 Å². The zero-order chi connectivity index (χ0) is 23.5. The number of piperidine rings is 1. The lowest BCUT2D eigenvalue weighted by Crippen LogP contribution is -2.49. The van der Waals surface area contributed by atoms with Crippen molar-refractivity contribution < 1.29 is 18.7 Å². The molecule has 0 radical (unpaired) electrons. The van der Waals surface area contributed by atoms with Gasteiger partial charge < -0.3 is 14.5 Å². The van der Waals surface area contributed by atoms with Crippen LogP contribution in [0.4, 0.5) is 4.39 Å². The second-order valence-corrected chi connectivity index (χ2v) is 9.48. The minimum atomic E-state index is -0.597. The van der Waals surface area contributed by atoms with Gasteiger partial charge in [0.1, 0.15) is 11.6 Å². The van der Waals surface area contributed by atoms with Gasteiger partial charge in [0.2, 0.25) is 5.91 Å². The molecule has 0 N–H and O–H groups in total. The van der Waals surface area contributed by atoms with E-state index < -0.39 is 5.82 Å². The molecule has 4 rings (SSSR count). The lowest BCUT2D eigenvalue weighted by atomic mass is 9.84. The van der Waals surface area contributed by atoms with Crippen molar-refractivity contribution in [3.05, 3.63) is 64.4 Å². The van der Waals surface area contributed by atoms with Crippen LogP contribution in [0.3, 0.4) is 0 Å². The number of methoxy groups -OCH3 is 1. The number of likely N-dealkylation sites (N-methyl/N-ethyl adjacent to an activating group) is 1. The van der Waals surface area contributed by atoms with Gasteiger partial charge >= 0.3 is 0 Å². The van der Waals surface area contributed by atoms with E-state index in [0.29, 0.717) is 13.1 Å². The van der Waals surface area contributed by atoms with Crippen molar-refractivity contribution in [3.63, 3.8) is 0 Å². The summed E-state index contributed by atoms with van der Waals surface area (Å²) in [7, 11) is 3.55. The number of ether oxygens (including phenoxy) is 1. The number of amides is 2. The molecule has 2 amide bonds. The molecule has 2 fully saturated rings. The summed E-state index contributed by atoms with van der Waals surface area (Å²) in [5.41, 5.74) is 1.05. The first-order chi connectivity index (χ1) is 15.9. The van der Waals surface area contributed by atoms with Crippen molar-refractivity contribution in [1.29, 1.82) is 0 Å². The van der Waals surface area contributed by atoms with Gasteiger partial charge in [0.05, 0.1) is 17.7 Å². The number of hydrogen-bond donors (Lipinski definition) is 0. The monoisotopic (exact) mass is 472 g/mol. The van der Waals surface area contributed by atoms with Crippen LogP contribution in [-0.4, -0.2) is 54.9 Å². The van der Waals surface area contributed by atoms with Crippen molar-refractivity contribution in [3.8, 4) is 5.75 Å². The van der Waals surface area contributed by atoms with Crippen molar-refractivity contribution in [1.82, 2.24) is 9.80 Å². The predicted molar refractivity (Wildman–Crippen MR) is 126 cm³/mol. The number of benzene rings is 2. The third kappa shape index (κ3) is 5.32. The molecule has 2 aromatic rings. The van der Waals surface area contributed by atoms with Gasteiger partial charge in [-0.05, 0) is 67.9 Å². The average molecular weight is 473 g/mol. The Morgan fingerprint density at radius 1 is 1.15 bits per heavy atom. The Bertz CT molecular complexity index is 998. The van der Waals surface area contributed by atoms with Crippen LogP contribution >= 0.6 is 11.6 Å². The molecule has 1 saturated carbocycles. The molecule has 176 valence electrons. The molecule has 5 nitrogen and oxygen atoms in total. The third-order valence-electron chi connectivity index (χ3n) is 6.90. The maximum absolute atomic E-state index is 14.3. The molecular formula is C26H30ClFN2O3. The highest BCUT2D eigenvalue weighted by atomic mass is 35.5. The Kier molecular flexibility index (Phi) is 7.23. The molecule has 7 heteroatoms. The number of halogens is 2. The number of carbonyl (C=O) groups is 2. The highest BCUT2D eigenvalue weighted by Gasteiger charge is 2.38. The van der Waals surface area contributed by atoms with E-state index >= 15 is 0 Å². The molecule has 0 bridgehead atoms. The highest BCUT2D eigenvalue weighted by Crippen LogP contribution is 2.34. The van der Waals surface area contributed by atoms with E-state index in [0.717, 1.165) is 43.4 Å². The van der Waals surface area contributed by atoms with Gasteiger partial charge in [-0.25, -0.2) is 4.39 Å². The third-order valence-corrected chi connectivity index (χ3v) is 7.21. The Morgan fingerprint density at radius 2 is 1.85 bits per heavy atom. The van der Waals surface area contributed by atoms with Crippen LogP contribution in [0.1, 0.15) is 41.6 Å². The molecule has 1 saturated heterocycles. The van der Waals surface area contributed by atoms with Gasteiger partial charge in [-0.15, -0.1) is 0 Å². The van der Waals surface area contributed by atoms with E-state index in [2.05, 4.69) is 6.07 Å². The van der Waals surface area contributed by atoms with Crippen LogP contribution in [0.5, 0.6) is 5.75 Å². The van der Waals surface area contributed by atoms with E-state index in [1.165, 1.54) is 18.2 Å². The van der Waals surface area contributed by atoms with E-state index in [9.17, 15) is 14.0 Å². The first-order valence-corrected chi connectivity index (χ1v) is 11.9. The average Bonchev–Trinajstić information content (AvgIpc) is 3.67. The number of hydrogen-bond acceptors (Lipinski definition) is 3. The smallest absolute Gasteiger partial charge is 0.258 e. The van der Waals surface area contributed by atoms with Crippen molar-refractivity contribution in [2.24, 2.45) is 11.8 Å². The van der Waals surface area contributed by atoms with Crippen LogP contribution in [0.25, 0.3) is 0 Å². The van der Waals surface area contributed by atoms with Crippen molar-refractivity contribution >= 4 is 23.4 Å². The minimum Gasteiger partial charge on any atom is -0.497 e. The highest BCUT2D eigenvalue weighted by molar-refractivity contribution is 6.33. The van der Waals surface area contributed by atoms with Gasteiger partial charge in [0, 0.05) is 32.1 Å². The largest absolute Gasteiger partial charge is 0.497 e. The summed E-state index contributed by atoms with van der Waals surface area (Å²) in [5.74, 6) is 0.421. The molecule has 1 aliphatic carbocycles. The molecule has 0 spiro atoms. The molecule has 1 atom stereocenters. The Balaban J connectivity index is 1.48. The fraction of sp³-hybridized carbons (Fsp3) is 0.462. The molecule has 1 unspecified atom stereocenters. The quantitative estimate of drug-likeness (QED) is 0.580. The summed E-state index contributed by atoms with van der Waals surface area (Å²) >= 11 is 6.11. The van der Waals surface area contributed by atoms with Gasteiger partial charge in [0.25, 0.3) is 5.91 Å². The van der Waals surface area contributed by atoms with Crippen molar-refractivity contribution in [2.75, 3.05) is 27.2 Å². The van der Waals surface area contributed by atoms with Crippen LogP contribution in [-0.2, 0) is 11.2 Å². The molecule has 1 aliphatic heterocycles. The van der Waals surface area contributed by atoms with Crippen LogP contribution in [0.2, 0.25) is 5.02 Å². The maximum atomic E-state index is 14.3. The lowest BCUT2D eigenvalue weighted by Gasteiger charge is -2.40. The zero-order valence-electron chi connectivity index (χ0n) is 19.1. The molecular weight excluding hydrogens is 443 g/mol. The summed E-state index contributed by atoms with van der Waals surface area (Å²) in [6, 6.07) is 12.3. The molecule has 2 aliphatic rings. The normalized spacial score (nSPS) is 17.5. The number of carbonyl (C=O) groups excluding carboxylic acids is 2.